The smallest absolute Gasteiger partial charge is 0.328 e. The monoisotopic (exact) mass is 391 g/mol. The van der Waals surface area contributed by atoms with E-state index in [4.69, 9.17) is 0 Å². The van der Waals surface area contributed by atoms with E-state index in [-0.39, 0.29) is 17.2 Å². The molecule has 0 bridgehead atoms. The highest BCUT2D eigenvalue weighted by atomic mass is 16.2. The Labute approximate surface area is 168 Å². The van der Waals surface area contributed by atoms with Gasteiger partial charge in [0, 0.05) is 26.1 Å². The van der Waals surface area contributed by atoms with Crippen LogP contribution in [0.2, 0.25) is 0 Å². The van der Waals surface area contributed by atoms with E-state index in [0.29, 0.717) is 36.8 Å². The summed E-state index contributed by atoms with van der Waals surface area (Å²) in [6, 6.07) is 15.3. The van der Waals surface area contributed by atoms with Crippen LogP contribution in [0.3, 0.4) is 0 Å². The highest BCUT2D eigenvalue weighted by Crippen LogP contribution is 2.19. The molecule has 1 amide bonds. The second-order valence-electron chi connectivity index (χ2n) is 7.58. The molecule has 6 nitrogen and oxygen atoms in total. The zero-order valence-electron chi connectivity index (χ0n) is 16.4. The third kappa shape index (κ3) is 4.16. The first-order chi connectivity index (χ1) is 14.1. The lowest BCUT2D eigenvalue weighted by Crippen LogP contribution is -2.36. The average Bonchev–Trinajstić information content (AvgIpc) is 2.75. The lowest BCUT2D eigenvalue weighted by molar-refractivity contribution is -0.132. The number of hydrogen-bond donors (Lipinski definition) is 1. The molecule has 1 aliphatic heterocycles. The molecule has 1 aromatic heterocycles. The molecule has 0 unspecified atom stereocenters. The molecule has 2 heterocycles. The average molecular weight is 391 g/mol. The van der Waals surface area contributed by atoms with Crippen molar-refractivity contribution >= 4 is 16.8 Å². The maximum absolute atomic E-state index is 12.5. The first-order valence-corrected chi connectivity index (χ1v) is 10.2. The molecule has 0 saturated heterocycles. The maximum atomic E-state index is 12.5. The molecule has 4 rings (SSSR count). The Balaban J connectivity index is 1.28. The zero-order chi connectivity index (χ0) is 20.2. The molecule has 1 N–H and O–H groups in total. The molecule has 3 aromatic rings. The highest BCUT2D eigenvalue weighted by Gasteiger charge is 2.19. The van der Waals surface area contributed by atoms with E-state index in [1.165, 1.54) is 15.7 Å². The Morgan fingerprint density at radius 2 is 1.69 bits per heavy atom. The largest absolute Gasteiger partial charge is 0.338 e. The Kier molecular flexibility index (Phi) is 5.60. The number of fused-ring (bicyclic) bond motifs is 2. The van der Waals surface area contributed by atoms with Crippen molar-refractivity contribution in [1.82, 2.24) is 14.5 Å². The fourth-order valence-corrected chi connectivity index (χ4v) is 3.99. The van der Waals surface area contributed by atoms with Crippen LogP contribution in [0, 0.1) is 0 Å². The van der Waals surface area contributed by atoms with Crippen LogP contribution in [0.1, 0.15) is 36.8 Å². The van der Waals surface area contributed by atoms with Crippen LogP contribution >= 0.6 is 0 Å². The van der Waals surface area contributed by atoms with Crippen molar-refractivity contribution in [2.24, 2.45) is 0 Å². The molecule has 2 aromatic carbocycles. The number of H-pyrrole nitrogens is 1. The molecule has 0 spiro atoms. The summed E-state index contributed by atoms with van der Waals surface area (Å²) in [5, 5.41) is 0.521. The quantitative estimate of drug-likeness (QED) is 0.657. The van der Waals surface area contributed by atoms with Crippen LogP contribution in [0.25, 0.3) is 10.9 Å². The Morgan fingerprint density at radius 3 is 2.55 bits per heavy atom. The first kappa shape index (κ1) is 19.2. The molecule has 0 atom stereocenters. The van der Waals surface area contributed by atoms with Crippen LogP contribution in [-0.2, 0) is 24.3 Å². The number of hydrogen-bond acceptors (Lipinski definition) is 3. The molecular formula is C23H25N3O3. The van der Waals surface area contributed by atoms with E-state index in [1.54, 1.807) is 24.3 Å². The summed E-state index contributed by atoms with van der Waals surface area (Å²) in [6.45, 7) is 1.83. The van der Waals surface area contributed by atoms with Gasteiger partial charge in [-0.1, -0.05) is 42.8 Å². The van der Waals surface area contributed by atoms with Gasteiger partial charge in [0.1, 0.15) is 0 Å². The van der Waals surface area contributed by atoms with Gasteiger partial charge in [-0.25, -0.2) is 4.79 Å². The van der Waals surface area contributed by atoms with E-state index in [1.807, 2.05) is 17.0 Å². The van der Waals surface area contributed by atoms with Crippen LogP contribution in [0.4, 0.5) is 0 Å². The van der Waals surface area contributed by atoms with Gasteiger partial charge in [-0.2, -0.15) is 0 Å². The Hall–Kier alpha value is -3.15. The van der Waals surface area contributed by atoms with Crippen LogP contribution in [0.15, 0.2) is 58.1 Å². The second kappa shape index (κ2) is 8.47. The van der Waals surface area contributed by atoms with Gasteiger partial charge in [0.2, 0.25) is 5.91 Å². The van der Waals surface area contributed by atoms with Crippen molar-refractivity contribution in [3.63, 3.8) is 0 Å². The van der Waals surface area contributed by atoms with Crippen molar-refractivity contribution in [3.05, 3.63) is 80.5 Å². The van der Waals surface area contributed by atoms with Gasteiger partial charge in [0.25, 0.3) is 5.56 Å². The SMILES string of the molecule is O=C(CCCCCn1c(=O)[nH]c2ccccc2c1=O)N1CCc2ccccc2C1. The number of benzene rings is 2. The Bertz CT molecular complexity index is 1150. The highest BCUT2D eigenvalue weighted by molar-refractivity contribution is 5.77. The summed E-state index contributed by atoms with van der Waals surface area (Å²) < 4.78 is 1.26. The number of aromatic nitrogens is 2. The fourth-order valence-electron chi connectivity index (χ4n) is 3.99. The molecule has 29 heavy (non-hydrogen) atoms. The van der Waals surface area contributed by atoms with Crippen molar-refractivity contribution < 1.29 is 4.79 Å². The van der Waals surface area contributed by atoms with Crippen molar-refractivity contribution in [3.8, 4) is 0 Å². The van der Waals surface area contributed by atoms with Gasteiger partial charge in [0.05, 0.1) is 10.9 Å². The summed E-state index contributed by atoms with van der Waals surface area (Å²) in [7, 11) is 0. The van der Waals surface area contributed by atoms with Gasteiger partial charge < -0.3 is 9.88 Å². The number of carbonyl (C=O) groups is 1. The molecule has 150 valence electrons. The van der Waals surface area contributed by atoms with E-state index < -0.39 is 0 Å². The predicted molar refractivity (Wildman–Crippen MR) is 113 cm³/mol. The van der Waals surface area contributed by atoms with Gasteiger partial charge in [0.15, 0.2) is 0 Å². The van der Waals surface area contributed by atoms with Crippen LogP contribution < -0.4 is 11.2 Å². The predicted octanol–water partition coefficient (Wildman–Crippen LogP) is 2.84. The van der Waals surface area contributed by atoms with Gasteiger partial charge >= 0.3 is 5.69 Å². The first-order valence-electron chi connectivity index (χ1n) is 10.2. The van der Waals surface area contributed by atoms with E-state index >= 15 is 0 Å². The number of aromatic amines is 1. The molecule has 0 saturated carbocycles. The molecule has 0 radical (unpaired) electrons. The minimum atomic E-state index is -0.378. The summed E-state index contributed by atoms with van der Waals surface area (Å²) in [5.41, 5.74) is 2.50. The van der Waals surface area contributed by atoms with Gasteiger partial charge in [-0.05, 0) is 42.5 Å². The summed E-state index contributed by atoms with van der Waals surface area (Å²) in [5.74, 6) is 0.181. The Morgan fingerprint density at radius 1 is 0.931 bits per heavy atom. The third-order valence-electron chi connectivity index (χ3n) is 5.65. The van der Waals surface area contributed by atoms with E-state index in [0.717, 1.165) is 25.8 Å². The topological polar surface area (TPSA) is 75.2 Å². The standard InChI is InChI=1S/C23H25N3O3/c27-21(25-15-13-17-8-3-4-9-18(17)16-25)12-2-1-7-14-26-22(28)19-10-5-6-11-20(19)24-23(26)29/h3-6,8-11H,1-2,7,12-16H2,(H,24,29). The lowest BCUT2D eigenvalue weighted by atomic mass is 9.99. The molecule has 0 aliphatic carbocycles. The number of nitrogens with one attached hydrogen (secondary N) is 1. The second-order valence-corrected chi connectivity index (χ2v) is 7.58. The number of amides is 1. The summed E-state index contributed by atoms with van der Waals surface area (Å²) >= 11 is 0. The van der Waals surface area contributed by atoms with Crippen molar-refractivity contribution in [2.45, 2.75) is 45.2 Å². The number of carbonyl (C=O) groups excluding carboxylic acids is 1. The number of unbranched alkanes of at least 4 members (excludes halogenated alkanes) is 2. The lowest BCUT2D eigenvalue weighted by Gasteiger charge is -2.29. The summed E-state index contributed by atoms with van der Waals surface area (Å²) in [4.78, 5) is 41.9. The maximum Gasteiger partial charge on any atom is 0.328 e. The molecule has 0 fully saturated rings. The summed E-state index contributed by atoms with van der Waals surface area (Å²) in [6.07, 6.45) is 3.67. The fraction of sp³-hybridized carbons (Fsp3) is 0.348. The van der Waals surface area contributed by atoms with Gasteiger partial charge in [-0.15, -0.1) is 0 Å². The normalized spacial score (nSPS) is 13.4. The zero-order valence-corrected chi connectivity index (χ0v) is 16.4. The minimum absolute atomic E-state index is 0.181. The molecule has 1 aliphatic rings. The van der Waals surface area contributed by atoms with E-state index in [2.05, 4.69) is 17.1 Å². The molecular weight excluding hydrogens is 366 g/mol. The van der Waals surface area contributed by atoms with Crippen LogP contribution in [-0.4, -0.2) is 26.9 Å². The third-order valence-corrected chi connectivity index (χ3v) is 5.65. The minimum Gasteiger partial charge on any atom is -0.338 e. The molecule has 6 heteroatoms. The van der Waals surface area contributed by atoms with Crippen LogP contribution in [0.5, 0.6) is 0 Å². The number of para-hydroxylation sites is 1. The van der Waals surface area contributed by atoms with Gasteiger partial charge in [-0.3, -0.25) is 14.2 Å². The van der Waals surface area contributed by atoms with Crippen molar-refractivity contribution in [1.29, 1.82) is 0 Å². The number of rotatable bonds is 6. The van der Waals surface area contributed by atoms with E-state index in [9.17, 15) is 14.4 Å². The van der Waals surface area contributed by atoms with Crippen molar-refractivity contribution in [2.75, 3.05) is 6.54 Å². The number of nitrogens with zero attached hydrogens (tertiary/aromatic N) is 2.